The van der Waals surface area contributed by atoms with E-state index in [9.17, 15) is 18.3 Å². The van der Waals surface area contributed by atoms with Crippen molar-refractivity contribution >= 4 is 16.0 Å². The van der Waals surface area contributed by atoms with Crippen molar-refractivity contribution in [1.29, 1.82) is 0 Å². The molecule has 1 saturated carbocycles. The molecule has 21 heavy (non-hydrogen) atoms. The quantitative estimate of drug-likeness (QED) is 0.921. The molecule has 116 valence electrons. The standard InChI is InChI=1S/C14H20N2O4S/c1-10-4-6-15(7-5-10)21(19,20)12-8-13(14(17)18)16(9-12)11-2-3-11/h8-11H,2-7H2,1H3,(H,17,18). The van der Waals surface area contributed by atoms with Crippen LogP contribution in [0.4, 0.5) is 0 Å². The molecule has 1 N–H and O–H groups in total. The Morgan fingerprint density at radius 1 is 1.24 bits per heavy atom. The second kappa shape index (κ2) is 5.14. The molecule has 0 unspecified atom stereocenters. The van der Waals surface area contributed by atoms with Gasteiger partial charge in [0.1, 0.15) is 10.6 Å². The summed E-state index contributed by atoms with van der Waals surface area (Å²) in [5, 5.41) is 9.24. The Balaban J connectivity index is 1.92. The average Bonchev–Trinajstić information content (AvgIpc) is 3.17. The number of sulfonamides is 1. The van der Waals surface area contributed by atoms with E-state index in [1.165, 1.54) is 16.6 Å². The Morgan fingerprint density at radius 2 is 1.86 bits per heavy atom. The van der Waals surface area contributed by atoms with Gasteiger partial charge in [-0.1, -0.05) is 6.92 Å². The van der Waals surface area contributed by atoms with Gasteiger partial charge in [-0.25, -0.2) is 13.2 Å². The number of hydrogen-bond acceptors (Lipinski definition) is 3. The lowest BCUT2D eigenvalue weighted by atomic mass is 10.0. The third-order valence-electron chi connectivity index (χ3n) is 4.36. The summed E-state index contributed by atoms with van der Waals surface area (Å²) < 4.78 is 28.4. The lowest BCUT2D eigenvalue weighted by Crippen LogP contribution is -2.37. The Kier molecular flexibility index (Phi) is 3.57. The summed E-state index contributed by atoms with van der Waals surface area (Å²) in [7, 11) is -3.58. The number of rotatable bonds is 4. The van der Waals surface area contributed by atoms with Gasteiger partial charge in [-0.05, 0) is 37.7 Å². The first-order valence-electron chi connectivity index (χ1n) is 7.35. The fraction of sp³-hybridized carbons (Fsp3) is 0.643. The van der Waals surface area contributed by atoms with Crippen molar-refractivity contribution < 1.29 is 18.3 Å². The maximum absolute atomic E-state index is 12.6. The highest BCUT2D eigenvalue weighted by Gasteiger charge is 2.33. The number of carbonyl (C=O) groups is 1. The second-order valence-corrected chi connectivity index (χ2v) is 8.03. The molecule has 0 spiro atoms. The molecule has 6 nitrogen and oxygen atoms in total. The number of nitrogens with zero attached hydrogens (tertiary/aromatic N) is 2. The molecule has 1 aliphatic carbocycles. The Morgan fingerprint density at radius 3 is 2.38 bits per heavy atom. The fourth-order valence-corrected chi connectivity index (χ4v) is 4.29. The van der Waals surface area contributed by atoms with Crippen LogP contribution in [0.15, 0.2) is 17.2 Å². The van der Waals surface area contributed by atoms with E-state index in [1.807, 2.05) is 0 Å². The molecular weight excluding hydrogens is 292 g/mol. The monoisotopic (exact) mass is 312 g/mol. The molecule has 1 aromatic rings. The molecular formula is C14H20N2O4S. The number of piperidine rings is 1. The van der Waals surface area contributed by atoms with Crippen molar-refractivity contribution in [1.82, 2.24) is 8.87 Å². The van der Waals surface area contributed by atoms with E-state index >= 15 is 0 Å². The summed E-state index contributed by atoms with van der Waals surface area (Å²) in [5.41, 5.74) is 0.0708. The first-order valence-corrected chi connectivity index (χ1v) is 8.79. The van der Waals surface area contributed by atoms with Crippen LogP contribution in [0.5, 0.6) is 0 Å². The lowest BCUT2D eigenvalue weighted by Gasteiger charge is -2.29. The van der Waals surface area contributed by atoms with Gasteiger partial charge in [0, 0.05) is 25.3 Å². The SMILES string of the molecule is CC1CCN(S(=O)(=O)c2cc(C(=O)O)n(C3CC3)c2)CC1. The second-order valence-electron chi connectivity index (χ2n) is 6.09. The van der Waals surface area contributed by atoms with E-state index < -0.39 is 16.0 Å². The van der Waals surface area contributed by atoms with Crippen LogP contribution in [-0.4, -0.2) is 41.5 Å². The average molecular weight is 312 g/mol. The molecule has 0 aromatic carbocycles. The van der Waals surface area contributed by atoms with Gasteiger partial charge in [-0.2, -0.15) is 4.31 Å². The van der Waals surface area contributed by atoms with E-state index in [2.05, 4.69) is 6.92 Å². The summed E-state index contributed by atoms with van der Waals surface area (Å²) in [6.45, 7) is 3.15. The molecule has 1 aromatic heterocycles. The van der Waals surface area contributed by atoms with Crippen LogP contribution in [0, 0.1) is 5.92 Å². The van der Waals surface area contributed by atoms with Gasteiger partial charge in [0.05, 0.1) is 0 Å². The zero-order valence-corrected chi connectivity index (χ0v) is 12.8. The van der Waals surface area contributed by atoms with Gasteiger partial charge >= 0.3 is 5.97 Å². The Hall–Kier alpha value is -1.34. The summed E-state index contributed by atoms with van der Waals surface area (Å²) in [6.07, 6.45) is 5.03. The summed E-state index contributed by atoms with van der Waals surface area (Å²) in [4.78, 5) is 11.4. The van der Waals surface area contributed by atoms with Crippen LogP contribution in [-0.2, 0) is 10.0 Å². The number of carboxylic acids is 1. The fourth-order valence-electron chi connectivity index (χ4n) is 2.80. The number of aromatic carboxylic acids is 1. The molecule has 2 aliphatic rings. The zero-order valence-electron chi connectivity index (χ0n) is 12.0. The van der Waals surface area contributed by atoms with E-state index in [-0.39, 0.29) is 16.6 Å². The van der Waals surface area contributed by atoms with E-state index in [4.69, 9.17) is 0 Å². The minimum atomic E-state index is -3.58. The molecule has 7 heteroatoms. The molecule has 0 atom stereocenters. The van der Waals surface area contributed by atoms with Gasteiger partial charge in [0.2, 0.25) is 10.0 Å². The molecule has 0 bridgehead atoms. The van der Waals surface area contributed by atoms with Crippen LogP contribution in [0.2, 0.25) is 0 Å². The van der Waals surface area contributed by atoms with E-state index in [0.717, 1.165) is 25.7 Å². The predicted molar refractivity (Wildman–Crippen MR) is 76.8 cm³/mol. The molecule has 1 aliphatic heterocycles. The minimum absolute atomic E-state index is 0.0708. The van der Waals surface area contributed by atoms with Crippen molar-refractivity contribution in [2.75, 3.05) is 13.1 Å². The van der Waals surface area contributed by atoms with Gasteiger partial charge in [0.25, 0.3) is 0 Å². The summed E-state index contributed by atoms with van der Waals surface area (Å²) in [5.74, 6) is -0.530. The topological polar surface area (TPSA) is 79.6 Å². The summed E-state index contributed by atoms with van der Waals surface area (Å²) in [6, 6.07) is 1.44. The van der Waals surface area contributed by atoms with Crippen LogP contribution < -0.4 is 0 Å². The maximum atomic E-state index is 12.6. The normalized spacial score (nSPS) is 21.6. The highest BCUT2D eigenvalue weighted by Crippen LogP contribution is 2.37. The number of carboxylic acid groups (broad SMARTS) is 1. The molecule has 0 radical (unpaired) electrons. The lowest BCUT2D eigenvalue weighted by molar-refractivity contribution is 0.0685. The van der Waals surface area contributed by atoms with Crippen LogP contribution in [0.1, 0.15) is 49.1 Å². The molecule has 2 fully saturated rings. The number of hydrogen-bond donors (Lipinski definition) is 1. The maximum Gasteiger partial charge on any atom is 0.352 e. The van der Waals surface area contributed by atoms with Crippen molar-refractivity contribution in [3.63, 3.8) is 0 Å². The molecule has 1 saturated heterocycles. The smallest absolute Gasteiger partial charge is 0.352 e. The van der Waals surface area contributed by atoms with E-state index in [0.29, 0.717) is 19.0 Å². The van der Waals surface area contributed by atoms with Crippen molar-refractivity contribution in [2.24, 2.45) is 5.92 Å². The number of aromatic nitrogens is 1. The summed E-state index contributed by atoms with van der Waals surface area (Å²) >= 11 is 0. The van der Waals surface area contributed by atoms with E-state index in [1.54, 1.807) is 4.57 Å². The zero-order chi connectivity index (χ0) is 15.2. The minimum Gasteiger partial charge on any atom is -0.477 e. The highest BCUT2D eigenvalue weighted by molar-refractivity contribution is 7.89. The van der Waals surface area contributed by atoms with Gasteiger partial charge in [-0.15, -0.1) is 0 Å². The first-order chi connectivity index (χ1) is 9.89. The van der Waals surface area contributed by atoms with Crippen LogP contribution in [0.3, 0.4) is 0 Å². The largest absolute Gasteiger partial charge is 0.477 e. The van der Waals surface area contributed by atoms with Gasteiger partial charge in [-0.3, -0.25) is 0 Å². The first kappa shape index (κ1) is 14.6. The Labute approximate surface area is 124 Å². The predicted octanol–water partition coefficient (Wildman–Crippen LogP) is 1.94. The van der Waals surface area contributed by atoms with Crippen LogP contribution >= 0.6 is 0 Å². The highest BCUT2D eigenvalue weighted by atomic mass is 32.2. The molecule has 2 heterocycles. The van der Waals surface area contributed by atoms with Crippen LogP contribution in [0.25, 0.3) is 0 Å². The molecule has 3 rings (SSSR count). The van der Waals surface area contributed by atoms with Crippen molar-refractivity contribution in [2.45, 2.75) is 43.5 Å². The van der Waals surface area contributed by atoms with Crippen molar-refractivity contribution in [3.8, 4) is 0 Å². The molecule has 0 amide bonds. The van der Waals surface area contributed by atoms with Crippen molar-refractivity contribution in [3.05, 3.63) is 18.0 Å². The third-order valence-corrected chi connectivity index (χ3v) is 6.23. The Bertz CT molecular complexity index is 653. The third kappa shape index (κ3) is 2.72. The van der Waals surface area contributed by atoms with Gasteiger partial charge in [0.15, 0.2) is 0 Å². The van der Waals surface area contributed by atoms with Gasteiger partial charge < -0.3 is 9.67 Å².